The zero-order valence-corrected chi connectivity index (χ0v) is 10.5. The molecule has 1 saturated heterocycles. The number of ether oxygens (including phenoxy) is 1. The summed E-state index contributed by atoms with van der Waals surface area (Å²) in [5, 5.41) is 12.6. The molecule has 2 rings (SSSR count). The van der Waals surface area contributed by atoms with E-state index >= 15 is 0 Å². The molecule has 84 valence electrons. The van der Waals surface area contributed by atoms with E-state index in [2.05, 4.69) is 27.3 Å². The summed E-state index contributed by atoms with van der Waals surface area (Å²) in [5.41, 5.74) is 0.512. The SMILES string of the molecule is N#CC1(Nc2ccc(Br)cc2)CCOCC1. The Balaban J connectivity index is 2.12. The monoisotopic (exact) mass is 280 g/mol. The first-order valence-electron chi connectivity index (χ1n) is 5.27. The van der Waals surface area contributed by atoms with Crippen LogP contribution in [0.5, 0.6) is 0 Å². The van der Waals surface area contributed by atoms with E-state index in [1.54, 1.807) is 0 Å². The summed E-state index contributed by atoms with van der Waals surface area (Å²) in [4.78, 5) is 0. The van der Waals surface area contributed by atoms with Crippen molar-refractivity contribution < 1.29 is 4.74 Å². The van der Waals surface area contributed by atoms with Crippen molar-refractivity contribution in [2.45, 2.75) is 18.4 Å². The Labute approximate surface area is 104 Å². The highest BCUT2D eigenvalue weighted by molar-refractivity contribution is 9.10. The van der Waals surface area contributed by atoms with Crippen molar-refractivity contribution in [1.29, 1.82) is 5.26 Å². The van der Waals surface area contributed by atoms with Gasteiger partial charge in [0.25, 0.3) is 0 Å². The lowest BCUT2D eigenvalue weighted by atomic mass is 9.91. The van der Waals surface area contributed by atoms with Crippen LogP contribution >= 0.6 is 15.9 Å². The van der Waals surface area contributed by atoms with E-state index in [0.29, 0.717) is 13.2 Å². The minimum Gasteiger partial charge on any atom is -0.381 e. The average molecular weight is 281 g/mol. The number of halogens is 1. The van der Waals surface area contributed by atoms with Crippen LogP contribution in [-0.4, -0.2) is 18.8 Å². The molecule has 0 aromatic heterocycles. The molecule has 0 aliphatic carbocycles. The van der Waals surface area contributed by atoms with Gasteiger partial charge in [-0.25, -0.2) is 0 Å². The first-order valence-corrected chi connectivity index (χ1v) is 6.06. The Bertz CT molecular complexity index is 390. The van der Waals surface area contributed by atoms with Gasteiger partial charge in [0.1, 0.15) is 5.54 Å². The molecule has 1 fully saturated rings. The van der Waals surface area contributed by atoms with Gasteiger partial charge in [0.15, 0.2) is 0 Å². The second-order valence-corrected chi connectivity index (χ2v) is 4.85. The summed E-state index contributed by atoms with van der Waals surface area (Å²) in [7, 11) is 0. The maximum Gasteiger partial charge on any atom is 0.129 e. The summed E-state index contributed by atoms with van der Waals surface area (Å²) in [6, 6.07) is 10.2. The Morgan fingerprint density at radius 2 is 1.88 bits per heavy atom. The van der Waals surface area contributed by atoms with Crippen LogP contribution in [0, 0.1) is 11.3 Å². The van der Waals surface area contributed by atoms with Gasteiger partial charge in [0.2, 0.25) is 0 Å². The lowest BCUT2D eigenvalue weighted by Crippen LogP contribution is -2.42. The van der Waals surface area contributed by atoms with E-state index < -0.39 is 5.54 Å². The Morgan fingerprint density at radius 3 is 2.44 bits per heavy atom. The summed E-state index contributed by atoms with van der Waals surface area (Å²) in [6.45, 7) is 1.30. The molecule has 1 aromatic rings. The van der Waals surface area contributed by atoms with Crippen molar-refractivity contribution in [1.82, 2.24) is 0 Å². The first-order chi connectivity index (χ1) is 7.74. The fourth-order valence-corrected chi connectivity index (χ4v) is 2.06. The van der Waals surface area contributed by atoms with Crippen molar-refractivity contribution in [2.75, 3.05) is 18.5 Å². The van der Waals surface area contributed by atoms with Crippen molar-refractivity contribution in [3.8, 4) is 6.07 Å². The highest BCUT2D eigenvalue weighted by Crippen LogP contribution is 2.26. The molecule has 3 nitrogen and oxygen atoms in total. The smallest absolute Gasteiger partial charge is 0.129 e. The van der Waals surface area contributed by atoms with E-state index in [1.165, 1.54) is 0 Å². The Hall–Kier alpha value is -1.05. The molecule has 0 unspecified atom stereocenters. The fraction of sp³-hybridized carbons (Fsp3) is 0.417. The van der Waals surface area contributed by atoms with Crippen LogP contribution in [0.25, 0.3) is 0 Å². The average Bonchev–Trinajstić information content (AvgIpc) is 2.33. The zero-order chi connectivity index (χ0) is 11.4. The van der Waals surface area contributed by atoms with Crippen LogP contribution in [0.2, 0.25) is 0 Å². The molecule has 0 atom stereocenters. The Kier molecular flexibility index (Phi) is 3.47. The molecule has 16 heavy (non-hydrogen) atoms. The van der Waals surface area contributed by atoms with E-state index in [-0.39, 0.29) is 0 Å². The van der Waals surface area contributed by atoms with Crippen LogP contribution in [-0.2, 0) is 4.74 Å². The molecule has 1 aliphatic rings. The number of anilines is 1. The summed E-state index contributed by atoms with van der Waals surface area (Å²) < 4.78 is 6.32. The third-order valence-electron chi connectivity index (χ3n) is 2.79. The number of rotatable bonds is 2. The predicted molar refractivity (Wildman–Crippen MR) is 66.2 cm³/mol. The van der Waals surface area contributed by atoms with Crippen LogP contribution in [0.15, 0.2) is 28.7 Å². The van der Waals surface area contributed by atoms with Crippen LogP contribution in [0.4, 0.5) is 5.69 Å². The Morgan fingerprint density at radius 1 is 1.25 bits per heavy atom. The van der Waals surface area contributed by atoms with Crippen LogP contribution in [0.1, 0.15) is 12.8 Å². The quantitative estimate of drug-likeness (QED) is 0.906. The third kappa shape index (κ3) is 2.55. The van der Waals surface area contributed by atoms with Gasteiger partial charge in [-0.15, -0.1) is 0 Å². The number of nitrogens with one attached hydrogen (secondary N) is 1. The zero-order valence-electron chi connectivity index (χ0n) is 8.87. The number of hydrogen-bond donors (Lipinski definition) is 1. The second-order valence-electron chi connectivity index (χ2n) is 3.94. The lowest BCUT2D eigenvalue weighted by Gasteiger charge is -2.32. The fourth-order valence-electron chi connectivity index (χ4n) is 1.79. The molecule has 0 spiro atoms. The molecule has 0 bridgehead atoms. The minimum absolute atomic E-state index is 0.466. The van der Waals surface area contributed by atoms with Crippen molar-refractivity contribution in [3.63, 3.8) is 0 Å². The lowest BCUT2D eigenvalue weighted by molar-refractivity contribution is 0.0753. The molecule has 1 aliphatic heterocycles. The molecule has 0 radical (unpaired) electrons. The van der Waals surface area contributed by atoms with Crippen LogP contribution < -0.4 is 5.32 Å². The molecule has 1 N–H and O–H groups in total. The molecular weight excluding hydrogens is 268 g/mol. The highest BCUT2D eigenvalue weighted by atomic mass is 79.9. The summed E-state index contributed by atoms with van der Waals surface area (Å²) >= 11 is 3.39. The number of nitriles is 1. The van der Waals surface area contributed by atoms with Gasteiger partial charge in [0, 0.05) is 36.2 Å². The maximum atomic E-state index is 9.28. The second kappa shape index (κ2) is 4.86. The minimum atomic E-state index is -0.466. The number of benzene rings is 1. The topological polar surface area (TPSA) is 45.0 Å². The number of hydrogen-bond acceptors (Lipinski definition) is 3. The maximum absolute atomic E-state index is 9.28. The molecule has 4 heteroatoms. The van der Waals surface area contributed by atoms with Crippen molar-refractivity contribution in [2.24, 2.45) is 0 Å². The largest absolute Gasteiger partial charge is 0.381 e. The predicted octanol–water partition coefficient (Wildman–Crippen LogP) is 2.93. The van der Waals surface area contributed by atoms with E-state index in [0.717, 1.165) is 23.0 Å². The summed E-state index contributed by atoms with van der Waals surface area (Å²) in [5.74, 6) is 0. The van der Waals surface area contributed by atoms with E-state index in [9.17, 15) is 5.26 Å². The van der Waals surface area contributed by atoms with Gasteiger partial charge in [0.05, 0.1) is 6.07 Å². The normalized spacial score (nSPS) is 18.8. The standard InChI is InChI=1S/C12H13BrN2O/c13-10-1-3-11(4-2-10)15-12(9-14)5-7-16-8-6-12/h1-4,15H,5-8H2. The molecule has 1 heterocycles. The van der Waals surface area contributed by atoms with Gasteiger partial charge >= 0.3 is 0 Å². The first kappa shape index (κ1) is 11.4. The van der Waals surface area contributed by atoms with Crippen molar-refractivity contribution >= 4 is 21.6 Å². The number of nitrogens with zero attached hydrogens (tertiary/aromatic N) is 1. The van der Waals surface area contributed by atoms with Crippen molar-refractivity contribution in [3.05, 3.63) is 28.7 Å². The van der Waals surface area contributed by atoms with Crippen LogP contribution in [0.3, 0.4) is 0 Å². The van der Waals surface area contributed by atoms with Gasteiger partial charge in [-0.3, -0.25) is 0 Å². The summed E-state index contributed by atoms with van der Waals surface area (Å²) in [6.07, 6.45) is 1.47. The van der Waals surface area contributed by atoms with Gasteiger partial charge < -0.3 is 10.1 Å². The third-order valence-corrected chi connectivity index (χ3v) is 3.32. The molecular formula is C12H13BrN2O. The van der Waals surface area contributed by atoms with Gasteiger partial charge in [-0.1, -0.05) is 15.9 Å². The van der Waals surface area contributed by atoms with Gasteiger partial charge in [-0.05, 0) is 24.3 Å². The molecule has 0 saturated carbocycles. The van der Waals surface area contributed by atoms with E-state index in [4.69, 9.17) is 4.74 Å². The molecule has 1 aromatic carbocycles. The van der Waals surface area contributed by atoms with E-state index in [1.807, 2.05) is 24.3 Å². The highest BCUT2D eigenvalue weighted by Gasteiger charge is 2.32. The van der Waals surface area contributed by atoms with Gasteiger partial charge in [-0.2, -0.15) is 5.26 Å². The molecule has 0 amide bonds.